The first-order valence-corrected chi connectivity index (χ1v) is 6.20. The van der Waals surface area contributed by atoms with Crippen LogP contribution in [0.4, 0.5) is 5.13 Å². The van der Waals surface area contributed by atoms with E-state index in [9.17, 15) is 4.79 Å². The number of thiazole rings is 2. The summed E-state index contributed by atoms with van der Waals surface area (Å²) in [6, 6.07) is 0. The van der Waals surface area contributed by atoms with Crippen LogP contribution in [0.2, 0.25) is 0 Å². The number of hydrogen-bond acceptors (Lipinski definition) is 7. The van der Waals surface area contributed by atoms with Crippen molar-refractivity contribution in [3.8, 4) is 0 Å². The molecule has 0 spiro atoms. The van der Waals surface area contributed by atoms with E-state index in [1.807, 2.05) is 0 Å². The predicted octanol–water partition coefficient (Wildman–Crippen LogP) is 2.00. The second-order valence-corrected chi connectivity index (χ2v) is 4.68. The van der Waals surface area contributed by atoms with Gasteiger partial charge in [-0.25, -0.2) is 9.78 Å². The lowest BCUT2D eigenvalue weighted by Gasteiger charge is -1.98. The number of anilines is 1. The molecule has 1 N–H and O–H groups in total. The van der Waals surface area contributed by atoms with Gasteiger partial charge in [-0.3, -0.25) is 4.98 Å². The minimum absolute atomic E-state index is 0.333. The molecule has 0 radical (unpaired) electrons. The molecule has 2 aromatic rings. The highest BCUT2D eigenvalue weighted by molar-refractivity contribution is 7.14. The van der Waals surface area contributed by atoms with E-state index in [4.69, 9.17) is 0 Å². The van der Waals surface area contributed by atoms with Gasteiger partial charge in [0.1, 0.15) is 0 Å². The fourth-order valence-corrected chi connectivity index (χ4v) is 2.26. The molecule has 0 amide bonds. The molecule has 0 saturated carbocycles. The largest absolute Gasteiger partial charge is 0.464 e. The molecule has 2 rings (SSSR count). The number of nitrogens with zero attached hydrogens (tertiary/aromatic N) is 2. The topological polar surface area (TPSA) is 64.1 Å². The number of esters is 1. The molecule has 0 aliphatic rings. The summed E-state index contributed by atoms with van der Waals surface area (Å²) < 4.78 is 4.57. The van der Waals surface area contributed by atoms with Crippen LogP contribution in [0, 0.1) is 0 Å². The van der Waals surface area contributed by atoms with Crippen LogP contribution in [0.5, 0.6) is 0 Å². The molecule has 2 heterocycles. The van der Waals surface area contributed by atoms with Crippen molar-refractivity contribution in [1.82, 2.24) is 9.97 Å². The fourth-order valence-electron chi connectivity index (χ4n) is 1.05. The standard InChI is InChI=1S/C9H9N3O2S2/c1-14-8(13)7-4-15-9(12-7)11-3-6-2-10-5-16-6/h2,4-5H,3H2,1H3,(H,11,12). The molecule has 0 aliphatic carbocycles. The number of aromatic nitrogens is 2. The van der Waals surface area contributed by atoms with Gasteiger partial charge >= 0.3 is 5.97 Å². The Balaban J connectivity index is 1.95. The lowest BCUT2D eigenvalue weighted by Crippen LogP contribution is -2.02. The summed E-state index contributed by atoms with van der Waals surface area (Å²) >= 11 is 2.95. The van der Waals surface area contributed by atoms with Crippen molar-refractivity contribution >= 4 is 33.8 Å². The Labute approximate surface area is 100 Å². The van der Waals surface area contributed by atoms with Crippen LogP contribution in [0.3, 0.4) is 0 Å². The minimum atomic E-state index is -0.415. The van der Waals surface area contributed by atoms with Crippen molar-refractivity contribution in [1.29, 1.82) is 0 Å². The zero-order chi connectivity index (χ0) is 11.4. The molecule has 0 bridgehead atoms. The molecule has 84 valence electrons. The highest BCUT2D eigenvalue weighted by Crippen LogP contribution is 2.17. The molecule has 0 unspecified atom stereocenters. The summed E-state index contributed by atoms with van der Waals surface area (Å²) in [5.74, 6) is -0.415. The van der Waals surface area contributed by atoms with Gasteiger partial charge in [-0.15, -0.1) is 22.7 Å². The molecule has 0 atom stereocenters. The number of rotatable bonds is 4. The summed E-state index contributed by atoms with van der Waals surface area (Å²) in [5, 5.41) is 5.49. The molecule has 16 heavy (non-hydrogen) atoms. The first-order chi connectivity index (χ1) is 7.79. The Kier molecular flexibility index (Phi) is 3.47. The molecule has 2 aromatic heterocycles. The maximum atomic E-state index is 11.1. The Morgan fingerprint density at radius 3 is 3.12 bits per heavy atom. The van der Waals surface area contributed by atoms with Crippen LogP contribution in [-0.4, -0.2) is 23.0 Å². The van der Waals surface area contributed by atoms with Gasteiger partial charge in [0.05, 0.1) is 19.2 Å². The molecular formula is C9H9N3O2S2. The third kappa shape index (κ3) is 2.56. The second-order valence-electron chi connectivity index (χ2n) is 2.85. The number of hydrogen-bond donors (Lipinski definition) is 1. The van der Waals surface area contributed by atoms with Crippen molar-refractivity contribution in [2.75, 3.05) is 12.4 Å². The SMILES string of the molecule is COC(=O)c1csc(NCc2cncs2)n1. The van der Waals surface area contributed by atoms with E-state index in [2.05, 4.69) is 20.0 Å². The van der Waals surface area contributed by atoms with E-state index in [0.29, 0.717) is 17.4 Å². The molecule has 0 fully saturated rings. The van der Waals surface area contributed by atoms with Gasteiger partial charge in [0, 0.05) is 16.5 Å². The van der Waals surface area contributed by atoms with Crippen molar-refractivity contribution in [2.24, 2.45) is 0 Å². The lowest BCUT2D eigenvalue weighted by atomic mass is 10.5. The Hall–Kier alpha value is -1.47. The predicted molar refractivity (Wildman–Crippen MR) is 62.9 cm³/mol. The molecule has 7 heteroatoms. The van der Waals surface area contributed by atoms with Gasteiger partial charge in [0.15, 0.2) is 10.8 Å². The van der Waals surface area contributed by atoms with Crippen LogP contribution in [0.15, 0.2) is 17.1 Å². The Morgan fingerprint density at radius 2 is 2.44 bits per heavy atom. The average molecular weight is 255 g/mol. The van der Waals surface area contributed by atoms with Gasteiger partial charge in [-0.2, -0.15) is 0 Å². The van der Waals surface area contributed by atoms with E-state index < -0.39 is 5.97 Å². The summed E-state index contributed by atoms with van der Waals surface area (Å²) in [6.07, 6.45) is 1.80. The monoisotopic (exact) mass is 255 g/mol. The molecule has 0 aromatic carbocycles. The first-order valence-electron chi connectivity index (χ1n) is 4.44. The van der Waals surface area contributed by atoms with E-state index >= 15 is 0 Å². The fraction of sp³-hybridized carbons (Fsp3) is 0.222. The summed E-state index contributed by atoms with van der Waals surface area (Å²) in [7, 11) is 1.34. The number of methoxy groups -OCH3 is 1. The Morgan fingerprint density at radius 1 is 1.56 bits per heavy atom. The van der Waals surface area contributed by atoms with E-state index in [1.54, 1.807) is 28.4 Å². The number of carbonyl (C=O) groups excluding carboxylic acids is 1. The van der Waals surface area contributed by atoms with Crippen molar-refractivity contribution in [3.05, 3.63) is 27.7 Å². The van der Waals surface area contributed by atoms with Gasteiger partial charge in [0.25, 0.3) is 0 Å². The van der Waals surface area contributed by atoms with Crippen LogP contribution in [-0.2, 0) is 11.3 Å². The number of carbonyl (C=O) groups is 1. The van der Waals surface area contributed by atoms with E-state index in [0.717, 1.165) is 4.88 Å². The summed E-state index contributed by atoms with van der Waals surface area (Å²) in [4.78, 5) is 20.3. The van der Waals surface area contributed by atoms with Crippen LogP contribution >= 0.6 is 22.7 Å². The number of ether oxygens (including phenoxy) is 1. The maximum absolute atomic E-state index is 11.1. The zero-order valence-corrected chi connectivity index (χ0v) is 10.1. The van der Waals surface area contributed by atoms with Gasteiger partial charge < -0.3 is 10.1 Å². The highest BCUT2D eigenvalue weighted by atomic mass is 32.1. The van der Waals surface area contributed by atoms with Crippen LogP contribution in [0.25, 0.3) is 0 Å². The van der Waals surface area contributed by atoms with Crippen molar-refractivity contribution in [3.63, 3.8) is 0 Å². The minimum Gasteiger partial charge on any atom is -0.464 e. The van der Waals surface area contributed by atoms with Gasteiger partial charge in [-0.1, -0.05) is 0 Å². The summed E-state index contributed by atoms with van der Waals surface area (Å²) in [5.41, 5.74) is 2.11. The highest BCUT2D eigenvalue weighted by Gasteiger charge is 2.10. The smallest absolute Gasteiger partial charge is 0.357 e. The third-order valence-corrected chi connectivity index (χ3v) is 3.38. The maximum Gasteiger partial charge on any atom is 0.357 e. The van der Waals surface area contributed by atoms with Crippen molar-refractivity contribution < 1.29 is 9.53 Å². The van der Waals surface area contributed by atoms with Crippen molar-refractivity contribution in [2.45, 2.75) is 6.54 Å². The normalized spacial score (nSPS) is 10.1. The third-order valence-electron chi connectivity index (χ3n) is 1.80. The molecular weight excluding hydrogens is 246 g/mol. The average Bonchev–Trinajstić information content (AvgIpc) is 2.96. The Bertz CT molecular complexity index is 467. The van der Waals surface area contributed by atoms with Gasteiger partial charge in [-0.05, 0) is 0 Å². The molecule has 5 nitrogen and oxygen atoms in total. The summed E-state index contributed by atoms with van der Waals surface area (Å²) in [6.45, 7) is 0.665. The van der Waals surface area contributed by atoms with Crippen LogP contribution < -0.4 is 5.32 Å². The quantitative estimate of drug-likeness (QED) is 0.846. The van der Waals surface area contributed by atoms with E-state index in [1.165, 1.54) is 18.4 Å². The second kappa shape index (κ2) is 5.04. The zero-order valence-electron chi connectivity index (χ0n) is 8.47. The van der Waals surface area contributed by atoms with Crippen LogP contribution in [0.1, 0.15) is 15.4 Å². The van der Waals surface area contributed by atoms with E-state index in [-0.39, 0.29) is 0 Å². The lowest BCUT2D eigenvalue weighted by molar-refractivity contribution is 0.0595. The first kappa shape index (κ1) is 11.0. The number of nitrogens with one attached hydrogen (secondary N) is 1. The molecule has 0 saturated heterocycles. The van der Waals surface area contributed by atoms with Gasteiger partial charge in [0.2, 0.25) is 0 Å². The molecule has 0 aliphatic heterocycles.